The van der Waals surface area contributed by atoms with Crippen molar-refractivity contribution in [1.82, 2.24) is 5.32 Å². The second kappa shape index (κ2) is 11.7. The Morgan fingerprint density at radius 2 is 1.50 bits per heavy atom. The molecule has 0 saturated heterocycles. The first-order chi connectivity index (χ1) is 17.5. The highest BCUT2D eigenvalue weighted by Crippen LogP contribution is 2.16. The molecule has 1 heterocycles. The number of hydrogen-bond acceptors (Lipinski definition) is 4. The van der Waals surface area contributed by atoms with Crippen LogP contribution in [0.15, 0.2) is 108 Å². The van der Waals surface area contributed by atoms with Gasteiger partial charge in [-0.1, -0.05) is 48.5 Å². The van der Waals surface area contributed by atoms with Gasteiger partial charge in [0.1, 0.15) is 5.70 Å². The minimum Gasteiger partial charge on any atom is -0.321 e. The van der Waals surface area contributed by atoms with E-state index in [9.17, 15) is 14.4 Å². The Kier molecular flexibility index (Phi) is 8.01. The number of hydrogen-bond donors (Lipinski definition) is 2. The molecule has 3 aromatic carbocycles. The highest BCUT2D eigenvalue weighted by atomic mass is 32.1. The lowest BCUT2D eigenvalue weighted by Gasteiger charge is -2.12. The largest absolute Gasteiger partial charge is 0.321 e. The van der Waals surface area contributed by atoms with Crippen molar-refractivity contribution in [1.29, 1.82) is 0 Å². The van der Waals surface area contributed by atoms with Crippen molar-refractivity contribution < 1.29 is 14.4 Å². The fourth-order valence-electron chi connectivity index (χ4n) is 3.40. The molecule has 2 amide bonds. The quantitative estimate of drug-likeness (QED) is 0.222. The summed E-state index contributed by atoms with van der Waals surface area (Å²) in [5.74, 6) is -0.986. The van der Waals surface area contributed by atoms with E-state index in [1.807, 2.05) is 54.8 Å². The van der Waals surface area contributed by atoms with Gasteiger partial charge in [0.05, 0.1) is 0 Å². The van der Waals surface area contributed by atoms with E-state index in [1.165, 1.54) is 6.08 Å². The van der Waals surface area contributed by atoms with Crippen LogP contribution in [0.3, 0.4) is 0 Å². The predicted molar refractivity (Wildman–Crippen MR) is 146 cm³/mol. The predicted octanol–water partition coefficient (Wildman–Crippen LogP) is 6.36. The Hall–Kier alpha value is -4.55. The zero-order valence-corrected chi connectivity index (χ0v) is 20.4. The number of allylic oxidation sites excluding steroid dienone is 1. The van der Waals surface area contributed by atoms with Crippen LogP contribution in [0.1, 0.15) is 36.7 Å². The van der Waals surface area contributed by atoms with Gasteiger partial charge in [-0.3, -0.25) is 14.4 Å². The molecule has 5 nitrogen and oxygen atoms in total. The van der Waals surface area contributed by atoms with Gasteiger partial charge >= 0.3 is 0 Å². The Bertz CT molecular complexity index is 1420. The van der Waals surface area contributed by atoms with Gasteiger partial charge in [-0.15, -0.1) is 11.3 Å². The second-order valence-electron chi connectivity index (χ2n) is 7.98. The highest BCUT2D eigenvalue weighted by Gasteiger charge is 2.15. The first-order valence-electron chi connectivity index (χ1n) is 11.3. The number of nitrogens with one attached hydrogen (secondary N) is 2. The van der Waals surface area contributed by atoms with Gasteiger partial charge in [-0.25, -0.2) is 0 Å². The number of thiophene rings is 1. The molecule has 0 radical (unpaired) electrons. The van der Waals surface area contributed by atoms with Crippen molar-refractivity contribution >= 4 is 46.8 Å². The molecule has 36 heavy (non-hydrogen) atoms. The normalized spacial score (nSPS) is 11.3. The SMILES string of the molecule is Cc1ccccc1/C=C(\NC(=O)c1ccccc1)C(=O)Nc1ccc(C(=O)/C=C/c2cccs2)cc1. The van der Waals surface area contributed by atoms with Crippen LogP contribution in [0.2, 0.25) is 0 Å². The molecular weight excluding hydrogens is 468 g/mol. The van der Waals surface area contributed by atoms with E-state index in [1.54, 1.807) is 72.0 Å². The van der Waals surface area contributed by atoms with Crippen molar-refractivity contribution in [3.8, 4) is 0 Å². The number of carbonyl (C=O) groups is 3. The third kappa shape index (κ3) is 6.52. The molecule has 4 aromatic rings. The average molecular weight is 493 g/mol. The number of carbonyl (C=O) groups excluding carboxylic acids is 3. The van der Waals surface area contributed by atoms with Crippen LogP contribution in [0.25, 0.3) is 12.2 Å². The van der Waals surface area contributed by atoms with E-state index in [0.717, 1.165) is 16.0 Å². The minimum atomic E-state index is -0.473. The van der Waals surface area contributed by atoms with Gasteiger partial charge in [0.25, 0.3) is 11.8 Å². The zero-order chi connectivity index (χ0) is 25.3. The molecule has 1 aromatic heterocycles. The van der Waals surface area contributed by atoms with Crippen molar-refractivity contribution in [3.63, 3.8) is 0 Å². The molecule has 0 saturated carbocycles. The summed E-state index contributed by atoms with van der Waals surface area (Å²) in [5.41, 5.74) is 3.35. The van der Waals surface area contributed by atoms with Crippen molar-refractivity contribution in [3.05, 3.63) is 135 Å². The summed E-state index contributed by atoms with van der Waals surface area (Å²) in [4.78, 5) is 39.4. The Labute approximate surface area is 213 Å². The van der Waals surface area contributed by atoms with Gasteiger partial charge in [0.2, 0.25) is 0 Å². The summed E-state index contributed by atoms with van der Waals surface area (Å²) in [5, 5.41) is 7.50. The van der Waals surface area contributed by atoms with Crippen LogP contribution in [0, 0.1) is 6.92 Å². The molecular formula is C30H24N2O3S. The van der Waals surface area contributed by atoms with Gasteiger partial charge in [-0.2, -0.15) is 0 Å². The zero-order valence-electron chi connectivity index (χ0n) is 19.6. The Balaban J connectivity index is 1.51. The summed E-state index contributed by atoms with van der Waals surface area (Å²) >= 11 is 1.55. The standard InChI is InChI=1S/C30H24N2O3S/c1-21-8-5-6-11-24(21)20-27(32-29(34)23-9-3-2-4-10-23)30(35)31-25-15-13-22(14-16-25)28(33)18-17-26-12-7-19-36-26/h2-20H,1H3,(H,31,35)(H,32,34)/b18-17+,27-20-. The third-order valence-electron chi connectivity index (χ3n) is 5.39. The van der Waals surface area contributed by atoms with Gasteiger partial charge < -0.3 is 10.6 Å². The summed E-state index contributed by atoms with van der Waals surface area (Å²) in [6.45, 7) is 1.93. The molecule has 2 N–H and O–H groups in total. The Morgan fingerprint density at radius 3 is 2.19 bits per heavy atom. The number of benzene rings is 3. The molecule has 0 unspecified atom stereocenters. The lowest BCUT2D eigenvalue weighted by atomic mass is 10.1. The van der Waals surface area contributed by atoms with E-state index in [2.05, 4.69) is 10.6 Å². The molecule has 0 fully saturated rings. The topological polar surface area (TPSA) is 75.3 Å². The van der Waals surface area contributed by atoms with Crippen LogP contribution in [-0.2, 0) is 4.79 Å². The van der Waals surface area contributed by atoms with Crippen molar-refractivity contribution in [2.24, 2.45) is 0 Å². The summed E-state index contributed by atoms with van der Waals surface area (Å²) in [6, 6.07) is 26.8. The van der Waals surface area contributed by atoms with E-state index < -0.39 is 5.91 Å². The third-order valence-corrected chi connectivity index (χ3v) is 6.22. The maximum atomic E-state index is 13.2. The van der Waals surface area contributed by atoms with E-state index >= 15 is 0 Å². The summed E-state index contributed by atoms with van der Waals surface area (Å²) in [6.07, 6.45) is 4.96. The van der Waals surface area contributed by atoms with Gasteiger partial charge in [0, 0.05) is 21.7 Å². The monoisotopic (exact) mass is 492 g/mol. The van der Waals surface area contributed by atoms with E-state index in [4.69, 9.17) is 0 Å². The van der Waals surface area contributed by atoms with E-state index in [0.29, 0.717) is 16.8 Å². The first-order valence-corrected chi connectivity index (χ1v) is 12.2. The second-order valence-corrected chi connectivity index (χ2v) is 8.96. The van der Waals surface area contributed by atoms with Gasteiger partial charge in [0.15, 0.2) is 5.78 Å². The van der Waals surface area contributed by atoms with Crippen LogP contribution >= 0.6 is 11.3 Å². The van der Waals surface area contributed by atoms with Crippen LogP contribution in [-0.4, -0.2) is 17.6 Å². The van der Waals surface area contributed by atoms with E-state index in [-0.39, 0.29) is 17.4 Å². The molecule has 178 valence electrons. The number of ketones is 1. The fraction of sp³-hybridized carbons (Fsp3) is 0.0333. The Morgan fingerprint density at radius 1 is 0.778 bits per heavy atom. The first kappa shape index (κ1) is 24.6. The van der Waals surface area contributed by atoms with Crippen molar-refractivity contribution in [2.75, 3.05) is 5.32 Å². The molecule has 0 atom stereocenters. The summed E-state index contributed by atoms with van der Waals surface area (Å²) in [7, 11) is 0. The molecule has 6 heteroatoms. The molecule has 0 bridgehead atoms. The lowest BCUT2D eigenvalue weighted by Crippen LogP contribution is -2.30. The molecule has 0 aliphatic carbocycles. The number of anilines is 1. The molecule has 4 rings (SSSR count). The number of aryl methyl sites for hydroxylation is 1. The summed E-state index contributed by atoms with van der Waals surface area (Å²) < 4.78 is 0. The lowest BCUT2D eigenvalue weighted by molar-refractivity contribution is -0.113. The maximum absolute atomic E-state index is 13.2. The van der Waals surface area contributed by atoms with Crippen molar-refractivity contribution in [2.45, 2.75) is 6.92 Å². The molecule has 0 aliphatic rings. The van der Waals surface area contributed by atoms with Crippen LogP contribution < -0.4 is 10.6 Å². The fourth-order valence-corrected chi connectivity index (χ4v) is 4.02. The average Bonchev–Trinajstić information content (AvgIpc) is 3.43. The molecule has 0 aliphatic heterocycles. The molecule has 0 spiro atoms. The minimum absolute atomic E-state index is 0.109. The number of rotatable bonds is 8. The van der Waals surface area contributed by atoms with Crippen LogP contribution in [0.5, 0.6) is 0 Å². The van der Waals surface area contributed by atoms with Gasteiger partial charge in [-0.05, 0) is 84.1 Å². The van der Waals surface area contributed by atoms with Crippen LogP contribution in [0.4, 0.5) is 5.69 Å². The maximum Gasteiger partial charge on any atom is 0.272 e. The smallest absolute Gasteiger partial charge is 0.272 e. The number of amides is 2. The highest BCUT2D eigenvalue weighted by molar-refractivity contribution is 7.10.